The number of carbonyl (C=O) groups is 2. The molecular weight excluding hydrogens is 434 g/mol. The molecular formula is C23H16ClN3O5. The smallest absolute Gasteiger partial charge is 0.269 e. The zero-order chi connectivity index (χ0) is 22.4. The lowest BCUT2D eigenvalue weighted by molar-refractivity contribution is -0.384. The summed E-state index contributed by atoms with van der Waals surface area (Å²) in [5.41, 5.74) is 1.65. The van der Waals surface area contributed by atoms with Gasteiger partial charge in [0.2, 0.25) is 5.91 Å². The van der Waals surface area contributed by atoms with Gasteiger partial charge < -0.3 is 0 Å². The Balaban J connectivity index is 1.57. The third-order valence-electron chi connectivity index (χ3n) is 5.66. The van der Waals surface area contributed by atoms with Gasteiger partial charge in [0.25, 0.3) is 11.6 Å². The molecule has 9 heteroatoms. The molecule has 3 atom stereocenters. The van der Waals surface area contributed by atoms with E-state index in [-0.39, 0.29) is 5.69 Å². The van der Waals surface area contributed by atoms with Crippen LogP contribution in [0.5, 0.6) is 0 Å². The number of nitrogens with zero attached hydrogens (tertiary/aromatic N) is 3. The number of non-ortho nitro benzene ring substituents is 1. The molecule has 160 valence electrons. The minimum atomic E-state index is -1.02. The van der Waals surface area contributed by atoms with Gasteiger partial charge in [0, 0.05) is 17.2 Å². The standard InChI is InChI=1S/C23H16ClN3O5/c24-15-8-12-16(13-9-15)25-22(28)19-20(14-6-10-18(11-7-14)27(30)31)26(32-21(19)23(25)29)17-4-2-1-3-5-17/h1-13,19-21H/t19-,20-,21-/m0/s1. The van der Waals surface area contributed by atoms with Crippen molar-refractivity contribution in [2.24, 2.45) is 5.92 Å². The van der Waals surface area contributed by atoms with Gasteiger partial charge in [0.1, 0.15) is 5.92 Å². The number of anilines is 2. The van der Waals surface area contributed by atoms with Crippen molar-refractivity contribution in [3.63, 3.8) is 0 Å². The monoisotopic (exact) mass is 449 g/mol. The average molecular weight is 450 g/mol. The lowest BCUT2D eigenvalue weighted by Gasteiger charge is -2.28. The van der Waals surface area contributed by atoms with Crippen molar-refractivity contribution >= 4 is 40.5 Å². The number of imide groups is 1. The number of rotatable bonds is 4. The van der Waals surface area contributed by atoms with Crippen LogP contribution in [-0.2, 0) is 14.4 Å². The maximum absolute atomic E-state index is 13.5. The number of nitro benzene ring substituents is 1. The lowest BCUT2D eigenvalue weighted by Crippen LogP contribution is -2.37. The third kappa shape index (κ3) is 3.21. The van der Waals surface area contributed by atoms with Crippen LogP contribution in [0.3, 0.4) is 0 Å². The van der Waals surface area contributed by atoms with E-state index in [4.69, 9.17) is 16.4 Å². The van der Waals surface area contributed by atoms with Crippen LogP contribution < -0.4 is 9.96 Å². The van der Waals surface area contributed by atoms with Crippen LogP contribution in [-0.4, -0.2) is 22.8 Å². The van der Waals surface area contributed by atoms with Crippen molar-refractivity contribution in [2.75, 3.05) is 9.96 Å². The minimum absolute atomic E-state index is 0.0629. The first-order chi connectivity index (χ1) is 15.5. The SMILES string of the molecule is O=C1[C@@H]2[C@H](ON(c3ccccc3)[C@H]2c2ccc([N+](=O)[O-])cc2)C(=O)N1c1ccc(Cl)cc1. The molecule has 2 aliphatic rings. The summed E-state index contributed by atoms with van der Waals surface area (Å²) in [5, 5.41) is 13.1. The molecule has 2 heterocycles. The molecule has 2 aliphatic heterocycles. The topological polar surface area (TPSA) is 93.0 Å². The van der Waals surface area contributed by atoms with Gasteiger partial charge in [-0.15, -0.1) is 0 Å². The normalized spacial score (nSPS) is 22.3. The van der Waals surface area contributed by atoms with Crippen LogP contribution in [0, 0.1) is 16.0 Å². The van der Waals surface area contributed by atoms with Crippen LogP contribution in [0.25, 0.3) is 0 Å². The molecule has 2 saturated heterocycles. The third-order valence-corrected chi connectivity index (χ3v) is 5.91. The maximum Gasteiger partial charge on any atom is 0.269 e. The molecule has 0 N–H and O–H groups in total. The van der Waals surface area contributed by atoms with Crippen molar-refractivity contribution in [1.29, 1.82) is 0 Å². The Morgan fingerprint density at radius 3 is 2.12 bits per heavy atom. The zero-order valence-electron chi connectivity index (χ0n) is 16.5. The second-order valence-electron chi connectivity index (χ2n) is 7.49. The fraction of sp³-hybridized carbons (Fsp3) is 0.130. The number of benzene rings is 3. The van der Waals surface area contributed by atoms with E-state index in [1.54, 1.807) is 41.5 Å². The Hall–Kier alpha value is -3.75. The predicted octanol–water partition coefficient (Wildman–Crippen LogP) is 4.30. The van der Waals surface area contributed by atoms with E-state index in [2.05, 4.69) is 0 Å². The molecule has 3 aromatic carbocycles. The molecule has 0 bridgehead atoms. The van der Waals surface area contributed by atoms with Crippen molar-refractivity contribution < 1.29 is 19.3 Å². The van der Waals surface area contributed by atoms with Crippen molar-refractivity contribution in [3.05, 3.63) is 99.6 Å². The van der Waals surface area contributed by atoms with E-state index >= 15 is 0 Å². The van der Waals surface area contributed by atoms with E-state index in [1.807, 2.05) is 30.3 Å². The summed E-state index contributed by atoms with van der Waals surface area (Å²) in [4.78, 5) is 44.4. The highest BCUT2D eigenvalue weighted by molar-refractivity contribution is 6.31. The summed E-state index contributed by atoms with van der Waals surface area (Å²) in [6.07, 6.45) is -1.02. The lowest BCUT2D eigenvalue weighted by atomic mass is 9.90. The summed E-state index contributed by atoms with van der Waals surface area (Å²) < 4.78 is 0. The maximum atomic E-state index is 13.5. The number of hydrogen-bond donors (Lipinski definition) is 0. The van der Waals surface area contributed by atoms with Gasteiger partial charge in [0.15, 0.2) is 6.10 Å². The van der Waals surface area contributed by atoms with Gasteiger partial charge in [0.05, 0.1) is 22.3 Å². The van der Waals surface area contributed by atoms with Gasteiger partial charge in [-0.25, -0.2) is 9.96 Å². The first kappa shape index (κ1) is 20.2. The highest BCUT2D eigenvalue weighted by Crippen LogP contribution is 2.47. The highest BCUT2D eigenvalue weighted by Gasteiger charge is 2.60. The fourth-order valence-electron chi connectivity index (χ4n) is 4.19. The molecule has 2 fully saturated rings. The molecule has 0 radical (unpaired) electrons. The number of halogens is 1. The van der Waals surface area contributed by atoms with Gasteiger partial charge >= 0.3 is 0 Å². The van der Waals surface area contributed by atoms with E-state index in [0.717, 1.165) is 4.90 Å². The van der Waals surface area contributed by atoms with Gasteiger partial charge in [-0.3, -0.25) is 24.5 Å². The largest absolute Gasteiger partial charge is 0.273 e. The van der Waals surface area contributed by atoms with Crippen molar-refractivity contribution in [2.45, 2.75) is 12.1 Å². The molecule has 0 aromatic heterocycles. The molecule has 0 saturated carbocycles. The van der Waals surface area contributed by atoms with E-state index in [9.17, 15) is 19.7 Å². The number of amides is 2. The average Bonchev–Trinajstić information content (AvgIpc) is 3.31. The van der Waals surface area contributed by atoms with Crippen LogP contribution in [0.15, 0.2) is 78.9 Å². The molecule has 5 rings (SSSR count). The number of hydrogen-bond acceptors (Lipinski definition) is 6. The van der Waals surface area contributed by atoms with E-state index < -0.39 is 34.8 Å². The van der Waals surface area contributed by atoms with Gasteiger partial charge in [-0.05, 0) is 42.0 Å². The summed E-state index contributed by atoms with van der Waals surface area (Å²) in [7, 11) is 0. The zero-order valence-corrected chi connectivity index (χ0v) is 17.3. The highest BCUT2D eigenvalue weighted by atomic mass is 35.5. The Morgan fingerprint density at radius 2 is 1.50 bits per heavy atom. The van der Waals surface area contributed by atoms with Gasteiger partial charge in [-0.1, -0.05) is 41.9 Å². The Kier molecular flexibility index (Phi) is 4.88. The first-order valence-electron chi connectivity index (χ1n) is 9.84. The van der Waals surface area contributed by atoms with Crippen molar-refractivity contribution in [3.8, 4) is 0 Å². The molecule has 3 aromatic rings. The number of para-hydroxylation sites is 1. The Labute approximate surface area is 187 Å². The van der Waals surface area contributed by atoms with Crippen LogP contribution in [0.4, 0.5) is 17.1 Å². The molecule has 0 spiro atoms. The first-order valence-corrected chi connectivity index (χ1v) is 10.2. The fourth-order valence-corrected chi connectivity index (χ4v) is 4.32. The van der Waals surface area contributed by atoms with Gasteiger partial charge in [-0.2, -0.15) is 0 Å². The summed E-state index contributed by atoms with van der Waals surface area (Å²) in [6.45, 7) is 0. The molecule has 0 unspecified atom stereocenters. The number of fused-ring (bicyclic) bond motifs is 1. The minimum Gasteiger partial charge on any atom is -0.273 e. The Bertz CT molecular complexity index is 1200. The predicted molar refractivity (Wildman–Crippen MR) is 117 cm³/mol. The summed E-state index contributed by atoms with van der Waals surface area (Å²) in [5.74, 6) is -1.68. The van der Waals surface area contributed by atoms with E-state index in [1.165, 1.54) is 12.1 Å². The van der Waals surface area contributed by atoms with E-state index in [0.29, 0.717) is 22.0 Å². The second-order valence-corrected chi connectivity index (χ2v) is 7.93. The molecule has 2 amide bonds. The number of hydroxylamine groups is 1. The van der Waals surface area contributed by atoms with Crippen LogP contribution in [0.1, 0.15) is 11.6 Å². The quantitative estimate of drug-likeness (QED) is 0.335. The number of nitro groups is 1. The second kappa shape index (κ2) is 7.74. The van der Waals surface area contributed by atoms with Crippen molar-refractivity contribution in [1.82, 2.24) is 0 Å². The van der Waals surface area contributed by atoms with Crippen LogP contribution >= 0.6 is 11.6 Å². The number of carbonyl (C=O) groups excluding carboxylic acids is 2. The molecule has 8 nitrogen and oxygen atoms in total. The molecule has 0 aliphatic carbocycles. The summed E-state index contributed by atoms with van der Waals surface area (Å²) in [6, 6.07) is 20.8. The van der Waals surface area contributed by atoms with Crippen LogP contribution in [0.2, 0.25) is 5.02 Å². The Morgan fingerprint density at radius 1 is 0.844 bits per heavy atom. The summed E-state index contributed by atoms with van der Waals surface area (Å²) >= 11 is 5.94. The molecule has 32 heavy (non-hydrogen) atoms.